The summed E-state index contributed by atoms with van der Waals surface area (Å²) in [6.07, 6.45) is 13.6. The topological polar surface area (TPSA) is 338 Å². The van der Waals surface area contributed by atoms with Gasteiger partial charge in [-0.25, -0.2) is 40.0 Å². The Morgan fingerprint density at radius 1 is 0.425 bits per heavy atom. The summed E-state index contributed by atoms with van der Waals surface area (Å²) >= 11 is 0. The van der Waals surface area contributed by atoms with E-state index in [1.165, 1.54) is 112 Å². The van der Waals surface area contributed by atoms with Crippen LogP contribution in [0.5, 0.6) is 46.3 Å². The first-order valence-corrected chi connectivity index (χ1v) is 41.2. The van der Waals surface area contributed by atoms with Gasteiger partial charge in [0.05, 0.1) is 71.2 Å². The van der Waals surface area contributed by atoms with Crippen molar-refractivity contribution in [3.63, 3.8) is 0 Å². The van der Waals surface area contributed by atoms with Gasteiger partial charge in [0.15, 0.2) is 41.3 Å². The van der Waals surface area contributed by atoms with Gasteiger partial charge in [0, 0.05) is 139 Å². The van der Waals surface area contributed by atoms with Crippen molar-refractivity contribution in [1.82, 2.24) is 73.5 Å². The maximum Gasteiger partial charge on any atom is 0.422 e. The molecule has 9 aromatic carbocycles. The van der Waals surface area contributed by atoms with Crippen molar-refractivity contribution in [1.29, 1.82) is 0 Å². The van der Waals surface area contributed by atoms with E-state index in [-0.39, 0.29) is 63.1 Å². The van der Waals surface area contributed by atoms with Gasteiger partial charge in [-0.15, -0.1) is 0 Å². The number of pyridine rings is 3. The number of nitrogens with zero attached hydrogens (tertiary/aromatic N) is 12. The lowest BCUT2D eigenvalue weighted by molar-refractivity contribution is -0.154. The second kappa shape index (κ2) is 35.1. The average Bonchev–Trinajstić information content (AvgIpc) is 1.59. The average molecular weight is 1820 g/mol. The molecule has 0 saturated heterocycles. The predicted octanol–water partition coefficient (Wildman–Crippen LogP) is 18.7. The number of ether oxygens (including phenoxy) is 5. The van der Waals surface area contributed by atoms with Gasteiger partial charge in [-0.1, -0.05) is 0 Å². The summed E-state index contributed by atoms with van der Waals surface area (Å²) in [5, 5.41) is 44.7. The van der Waals surface area contributed by atoms with Crippen molar-refractivity contribution in [3.8, 4) is 96.7 Å². The Balaban J connectivity index is 0.000000130. The number of aryl methyl sites for hydroxylation is 5. The second-order valence-corrected chi connectivity index (χ2v) is 31.1. The molecule has 0 fully saturated rings. The third-order valence-electron chi connectivity index (χ3n) is 22.1. The molecule has 2 aliphatic rings. The Morgan fingerprint density at radius 2 is 0.806 bits per heavy atom. The minimum atomic E-state index is -4.71. The molecule has 3 amide bonds. The number of amides is 3. The van der Waals surface area contributed by atoms with Crippen molar-refractivity contribution in [2.45, 2.75) is 59.0 Å². The summed E-state index contributed by atoms with van der Waals surface area (Å²) in [5.41, 5.74) is 7.76. The van der Waals surface area contributed by atoms with E-state index >= 15 is 13.2 Å². The number of nitrogens with one attached hydrogen (secondary N) is 6. The highest BCUT2D eigenvalue weighted by Crippen LogP contribution is 2.47. The quantitative estimate of drug-likeness (QED) is 0.0343. The molecule has 0 bridgehead atoms. The van der Waals surface area contributed by atoms with Crippen molar-refractivity contribution in [2.75, 3.05) is 22.6 Å². The van der Waals surface area contributed by atoms with Crippen LogP contribution in [0.15, 0.2) is 264 Å². The number of alkyl halides is 3. The highest BCUT2D eigenvalue weighted by molar-refractivity contribution is 6.09. The lowest BCUT2D eigenvalue weighted by Crippen LogP contribution is -2.30. The Hall–Kier alpha value is -17.6. The zero-order valence-electron chi connectivity index (χ0n) is 70.0. The number of aromatic nitrogens is 15. The van der Waals surface area contributed by atoms with E-state index < -0.39 is 93.5 Å². The molecule has 0 aliphatic carbocycles. The SMILES string of the molecule is CC(C)Oc1ccc(C(=O)Nc2ccc(Oc3cc4cnn5c4c(c3-c3cn[nH]c3)CC5)c(F)c2)c(=O)n1-c1ccc(F)cc1.Cc1ccc(C(=O)Nc2ccc(Oc3cc4cnn5ccc(c3-c3cn[nH]c3)c45)c(F)c2)c(=O)n1-c1ccc(F)cc1.O=C(Nc1ccc(Oc2cc3cnn4c3c(c2-c2cn[nH]c2)CC4)c(F)c1)c1ccc(OCC(F)(F)F)n(-c2ccc(F)cc2)c1=O. The Morgan fingerprint density at radius 3 is 1.22 bits per heavy atom. The lowest BCUT2D eigenvalue weighted by atomic mass is 9.98. The maximum absolute atomic E-state index is 15.5. The number of aromatic amines is 3. The van der Waals surface area contributed by atoms with Crippen LogP contribution < -0.4 is 56.3 Å². The molecule has 38 heteroatoms. The number of rotatable bonds is 22. The fourth-order valence-corrected chi connectivity index (χ4v) is 16.2. The van der Waals surface area contributed by atoms with Crippen LogP contribution in [0.3, 0.4) is 0 Å². The van der Waals surface area contributed by atoms with Crippen LogP contribution in [0.1, 0.15) is 61.7 Å². The Kier molecular flexibility index (Phi) is 22.5. The van der Waals surface area contributed by atoms with Gasteiger partial charge in [0.2, 0.25) is 11.8 Å². The third kappa shape index (κ3) is 16.9. The van der Waals surface area contributed by atoms with E-state index in [1.54, 1.807) is 99.3 Å². The first kappa shape index (κ1) is 85.8. The molecule has 6 N–H and O–H groups in total. The highest BCUT2D eigenvalue weighted by atomic mass is 19.4. The van der Waals surface area contributed by atoms with E-state index in [2.05, 4.69) is 61.8 Å². The van der Waals surface area contributed by atoms with Crippen LogP contribution in [-0.2, 0) is 25.9 Å². The van der Waals surface area contributed by atoms with Crippen molar-refractivity contribution < 1.29 is 77.6 Å². The molecule has 29 nitrogen and oxygen atoms in total. The molecule has 0 radical (unpaired) electrons. The monoisotopic (exact) mass is 1820 g/mol. The summed E-state index contributed by atoms with van der Waals surface area (Å²) in [6.45, 7) is 5.00. The van der Waals surface area contributed by atoms with E-state index in [4.69, 9.17) is 23.7 Å². The van der Waals surface area contributed by atoms with Gasteiger partial charge in [0.1, 0.15) is 51.4 Å². The maximum atomic E-state index is 15.5. The lowest BCUT2D eigenvalue weighted by Gasteiger charge is -2.17. The fourth-order valence-electron chi connectivity index (χ4n) is 16.2. The van der Waals surface area contributed by atoms with Crippen molar-refractivity contribution in [3.05, 3.63) is 350 Å². The number of H-pyrrole nitrogens is 3. The molecule has 2 aliphatic heterocycles. The molecule has 19 aromatic rings. The van der Waals surface area contributed by atoms with Gasteiger partial charge in [-0.2, -0.15) is 43.8 Å². The molecule has 0 saturated carbocycles. The van der Waals surface area contributed by atoms with Crippen LogP contribution in [0.2, 0.25) is 0 Å². The van der Waals surface area contributed by atoms with Crippen LogP contribution in [0.25, 0.3) is 88.5 Å². The molecule has 10 aromatic heterocycles. The summed E-state index contributed by atoms with van der Waals surface area (Å²) in [7, 11) is 0. The number of anilines is 3. The van der Waals surface area contributed by atoms with Crippen LogP contribution in [-0.4, -0.2) is 110 Å². The second-order valence-electron chi connectivity index (χ2n) is 31.1. The van der Waals surface area contributed by atoms with Crippen LogP contribution >= 0.6 is 0 Å². The van der Waals surface area contributed by atoms with Gasteiger partial charge in [-0.3, -0.25) is 58.0 Å². The number of hydrogen-bond donors (Lipinski definition) is 6. The molecular weight excluding hydrogens is 1750 g/mol. The van der Waals surface area contributed by atoms with Gasteiger partial charge in [0.25, 0.3) is 34.4 Å². The minimum Gasteiger partial charge on any atom is -0.476 e. The van der Waals surface area contributed by atoms with Gasteiger partial charge >= 0.3 is 6.18 Å². The summed E-state index contributed by atoms with van der Waals surface area (Å²) in [4.78, 5) is 79.5. The molecule has 670 valence electrons. The molecular formula is C96H67F9N18O11. The van der Waals surface area contributed by atoms with E-state index in [1.807, 2.05) is 27.7 Å². The van der Waals surface area contributed by atoms with Crippen molar-refractivity contribution in [2.24, 2.45) is 0 Å². The summed E-state index contributed by atoms with van der Waals surface area (Å²) < 4.78 is 163. The highest BCUT2D eigenvalue weighted by Gasteiger charge is 2.33. The number of halogens is 9. The third-order valence-corrected chi connectivity index (χ3v) is 22.1. The molecule has 12 heterocycles. The van der Waals surface area contributed by atoms with E-state index in [0.29, 0.717) is 51.8 Å². The van der Waals surface area contributed by atoms with Crippen LogP contribution in [0.4, 0.5) is 56.6 Å². The first-order chi connectivity index (χ1) is 64.7. The standard InChI is InChI=1S/C33H26F2N6O4.C32H21F5N6O4.C31H20F2N6O3/c1-18(2)44-29-10-8-25(33(43)41(29)23-6-3-21(34)4-7-23)32(42)39-22-5-9-27(26(35)14-22)45-28-13-19-17-38-40-12-11-24(31(19)40)30(28)20-15-36-37-16-20;33-19-1-4-21(5-2-19)43-27(46-16-32(35,36)37)8-6-23(31(43)45)30(44)41-20-3-7-25(24(34)12-20)47-26-11-17-15-40-42-10-9-22(29(17)42)28(26)18-13-38-39-14-18;1-17-2-8-24(31(41)39(17)22-6-3-20(32)4-7-22)30(40)37-21-5-9-26(25(33)13-21)42-27-12-18-16-36-38-11-10-23(29(18)38)28(27)19-14-34-35-15-19/h3-10,13-18H,11-12H2,1-2H3,(H,36,37)(H,39,42);1-8,11-15H,9-10,16H2,(H,38,39)(H,41,44);2-16H,1H3,(H,34,35)(H,37,40). The van der Waals surface area contributed by atoms with Gasteiger partial charge < -0.3 is 39.6 Å². The van der Waals surface area contributed by atoms with E-state index in [9.17, 15) is 55.1 Å². The smallest absolute Gasteiger partial charge is 0.422 e. The summed E-state index contributed by atoms with van der Waals surface area (Å²) in [6, 6.07) is 41.7. The van der Waals surface area contributed by atoms with Crippen LogP contribution in [0, 0.1) is 41.8 Å². The molecule has 134 heavy (non-hydrogen) atoms. The first-order valence-electron chi connectivity index (χ1n) is 41.2. The number of hydrogen-bond acceptors (Lipinski definition) is 17. The number of carbonyl (C=O) groups is 3. The zero-order valence-corrected chi connectivity index (χ0v) is 70.0. The fraction of sp³-hybridized carbons (Fsp3) is 0.104. The largest absolute Gasteiger partial charge is 0.476 e. The minimum absolute atomic E-state index is 0.0321. The number of benzene rings is 9. The molecule has 0 atom stereocenters. The molecule has 0 unspecified atom stereocenters. The number of carbonyl (C=O) groups excluding carboxylic acids is 3. The molecule has 21 rings (SSSR count). The van der Waals surface area contributed by atoms with E-state index in [0.717, 1.165) is 150 Å². The van der Waals surface area contributed by atoms with Crippen molar-refractivity contribution >= 4 is 72.9 Å². The summed E-state index contributed by atoms with van der Waals surface area (Å²) in [5.74, 6) is -5.67. The Bertz CT molecular complexity index is 7990. The predicted molar refractivity (Wildman–Crippen MR) is 475 cm³/mol. The zero-order chi connectivity index (χ0) is 93.1. The van der Waals surface area contributed by atoms with Gasteiger partial charge in [-0.05, 0) is 215 Å². The normalized spacial score (nSPS) is 12.0. The Labute approximate surface area is 748 Å². The molecule has 0 spiro atoms.